The molecular weight excluding hydrogens is 490 g/mol. The third kappa shape index (κ3) is 4.91. The lowest BCUT2D eigenvalue weighted by molar-refractivity contribution is -0.118. The first-order chi connectivity index (χ1) is 18.4. The third-order valence-electron chi connectivity index (χ3n) is 6.34. The fourth-order valence-corrected chi connectivity index (χ4v) is 4.76. The molecule has 0 radical (unpaired) electrons. The van der Waals surface area contributed by atoms with E-state index >= 15 is 0 Å². The van der Waals surface area contributed by atoms with E-state index in [1.54, 1.807) is 29.2 Å². The zero-order valence-corrected chi connectivity index (χ0v) is 22.1. The molecule has 0 bridgehead atoms. The monoisotopic (exact) mass is 521 g/mol. The van der Waals surface area contributed by atoms with Crippen LogP contribution in [0.1, 0.15) is 46.9 Å². The largest absolute Gasteiger partial charge is 0.493 e. The Bertz CT molecular complexity index is 1330. The number of carbonyl (C=O) groups excluding carboxylic acids is 1. The van der Waals surface area contributed by atoms with E-state index in [0.717, 1.165) is 11.1 Å². The Balaban J connectivity index is 2.01. The molecule has 0 spiro atoms. The summed E-state index contributed by atoms with van der Waals surface area (Å²) in [5, 5.41) is 9.60. The van der Waals surface area contributed by atoms with Crippen molar-refractivity contribution in [2.24, 2.45) is 0 Å². The van der Waals surface area contributed by atoms with Gasteiger partial charge in [0.2, 0.25) is 11.7 Å². The normalized spacial score (nSPS) is 14.5. The quantitative estimate of drug-likeness (QED) is 0.402. The van der Waals surface area contributed by atoms with E-state index in [-0.39, 0.29) is 17.9 Å². The third-order valence-corrected chi connectivity index (χ3v) is 6.34. The lowest BCUT2D eigenvalue weighted by Gasteiger charge is -2.38. The van der Waals surface area contributed by atoms with Crippen molar-refractivity contribution in [1.82, 2.24) is 0 Å². The standard InChI is InChI=1S/C29H31NO8/c1-6-37-22-12-18-15-26(31)30(20-10-8-9-17(11-20)29(32)33)27(21(18)16-23(22)38-7-2)19-13-24(34-3)28(36-5)25(14-19)35-4/h8-14,16,27H,6-7,15H2,1-5H3,(H,32,33). The smallest absolute Gasteiger partial charge is 0.335 e. The van der Waals surface area contributed by atoms with Gasteiger partial charge in [-0.25, -0.2) is 4.79 Å². The number of rotatable bonds is 10. The predicted octanol–water partition coefficient (Wildman–Crippen LogP) is 4.89. The molecule has 1 unspecified atom stereocenters. The number of hydrogen-bond acceptors (Lipinski definition) is 7. The molecule has 0 aromatic heterocycles. The summed E-state index contributed by atoms with van der Waals surface area (Å²) in [5.74, 6) is 1.10. The van der Waals surface area contributed by atoms with E-state index in [2.05, 4.69) is 0 Å². The minimum atomic E-state index is -1.08. The van der Waals surface area contributed by atoms with Crippen LogP contribution in [-0.4, -0.2) is 51.5 Å². The number of amides is 1. The Kier molecular flexibility index (Phi) is 7.95. The number of aromatic carboxylic acids is 1. The summed E-state index contributed by atoms with van der Waals surface area (Å²) in [6.45, 7) is 4.64. The van der Waals surface area contributed by atoms with Crippen molar-refractivity contribution in [2.45, 2.75) is 26.3 Å². The highest BCUT2D eigenvalue weighted by Crippen LogP contribution is 2.47. The molecule has 1 atom stereocenters. The minimum Gasteiger partial charge on any atom is -0.493 e. The zero-order chi connectivity index (χ0) is 27.4. The number of carbonyl (C=O) groups is 2. The minimum absolute atomic E-state index is 0.0754. The topological polar surface area (TPSA) is 104 Å². The van der Waals surface area contributed by atoms with Crippen LogP contribution in [0.25, 0.3) is 0 Å². The molecular formula is C29H31NO8. The van der Waals surface area contributed by atoms with E-state index in [9.17, 15) is 14.7 Å². The van der Waals surface area contributed by atoms with Crippen LogP contribution in [0.3, 0.4) is 0 Å². The van der Waals surface area contributed by atoms with Crippen LogP contribution >= 0.6 is 0 Å². The molecule has 9 heteroatoms. The van der Waals surface area contributed by atoms with E-state index in [1.165, 1.54) is 33.5 Å². The number of anilines is 1. The fourth-order valence-electron chi connectivity index (χ4n) is 4.76. The second-order valence-corrected chi connectivity index (χ2v) is 8.52. The molecule has 3 aromatic carbocycles. The second-order valence-electron chi connectivity index (χ2n) is 8.52. The first kappa shape index (κ1) is 26.7. The van der Waals surface area contributed by atoms with E-state index in [4.69, 9.17) is 23.7 Å². The summed E-state index contributed by atoms with van der Waals surface area (Å²) in [6.07, 6.45) is 0.0973. The Hall–Kier alpha value is -4.40. The molecule has 0 aliphatic carbocycles. The highest BCUT2D eigenvalue weighted by Gasteiger charge is 2.37. The van der Waals surface area contributed by atoms with Gasteiger partial charge in [0.05, 0.1) is 52.6 Å². The van der Waals surface area contributed by atoms with Gasteiger partial charge in [-0.1, -0.05) is 6.07 Å². The lowest BCUT2D eigenvalue weighted by Crippen LogP contribution is -2.41. The van der Waals surface area contributed by atoms with Crippen molar-refractivity contribution < 1.29 is 38.4 Å². The number of benzene rings is 3. The van der Waals surface area contributed by atoms with E-state index < -0.39 is 12.0 Å². The molecule has 3 aromatic rings. The molecule has 0 saturated carbocycles. The SMILES string of the molecule is CCOc1cc2c(cc1OCC)C(c1cc(OC)c(OC)c(OC)c1)N(c1cccc(C(=O)O)c1)C(=O)C2. The van der Waals surface area contributed by atoms with Crippen LogP contribution < -0.4 is 28.6 Å². The van der Waals surface area contributed by atoms with Crippen molar-refractivity contribution in [1.29, 1.82) is 0 Å². The number of ether oxygens (including phenoxy) is 5. The van der Waals surface area contributed by atoms with Gasteiger partial charge in [-0.05, 0) is 73.0 Å². The molecule has 1 aliphatic rings. The summed E-state index contributed by atoms with van der Waals surface area (Å²) in [6, 6.07) is 13.0. The van der Waals surface area contributed by atoms with Crippen LogP contribution in [0.5, 0.6) is 28.7 Å². The fraction of sp³-hybridized carbons (Fsp3) is 0.310. The predicted molar refractivity (Wildman–Crippen MR) is 141 cm³/mol. The van der Waals surface area contributed by atoms with Crippen molar-refractivity contribution in [3.05, 3.63) is 70.8 Å². The summed E-state index contributed by atoms with van der Waals surface area (Å²) in [7, 11) is 4.57. The Morgan fingerprint density at radius 1 is 0.895 bits per heavy atom. The number of methoxy groups -OCH3 is 3. The summed E-state index contributed by atoms with van der Waals surface area (Å²) < 4.78 is 28.4. The van der Waals surface area contributed by atoms with Crippen LogP contribution in [0.2, 0.25) is 0 Å². The van der Waals surface area contributed by atoms with Gasteiger partial charge in [-0.3, -0.25) is 4.79 Å². The first-order valence-electron chi connectivity index (χ1n) is 12.2. The average Bonchev–Trinajstić information content (AvgIpc) is 2.92. The van der Waals surface area contributed by atoms with Crippen molar-refractivity contribution >= 4 is 17.6 Å². The highest BCUT2D eigenvalue weighted by molar-refractivity contribution is 6.00. The molecule has 0 fully saturated rings. The van der Waals surface area contributed by atoms with Gasteiger partial charge in [0.15, 0.2) is 23.0 Å². The maximum atomic E-state index is 13.8. The van der Waals surface area contributed by atoms with Gasteiger partial charge < -0.3 is 33.7 Å². The molecule has 200 valence electrons. The average molecular weight is 522 g/mol. The molecule has 1 heterocycles. The Morgan fingerprint density at radius 3 is 2.08 bits per heavy atom. The Labute approximate surface area is 221 Å². The molecule has 4 rings (SSSR count). The summed E-state index contributed by atoms with van der Waals surface area (Å²) in [4.78, 5) is 27.1. The van der Waals surface area contributed by atoms with E-state index in [1.807, 2.05) is 26.0 Å². The molecule has 9 nitrogen and oxygen atoms in total. The molecule has 1 amide bonds. The molecule has 38 heavy (non-hydrogen) atoms. The summed E-state index contributed by atoms with van der Waals surface area (Å²) >= 11 is 0. The molecule has 0 saturated heterocycles. The highest BCUT2D eigenvalue weighted by atomic mass is 16.5. The molecule has 1 N–H and O–H groups in total. The zero-order valence-electron chi connectivity index (χ0n) is 22.1. The first-order valence-corrected chi connectivity index (χ1v) is 12.2. The van der Waals surface area contributed by atoms with Gasteiger partial charge >= 0.3 is 5.97 Å². The van der Waals surface area contributed by atoms with Crippen LogP contribution in [0, 0.1) is 0 Å². The number of carboxylic acids is 1. The number of hydrogen-bond donors (Lipinski definition) is 1. The van der Waals surface area contributed by atoms with Crippen molar-refractivity contribution in [3.8, 4) is 28.7 Å². The van der Waals surface area contributed by atoms with Gasteiger partial charge in [0, 0.05) is 5.69 Å². The Morgan fingerprint density at radius 2 is 1.53 bits per heavy atom. The van der Waals surface area contributed by atoms with Gasteiger partial charge in [-0.2, -0.15) is 0 Å². The number of fused-ring (bicyclic) bond motifs is 1. The van der Waals surface area contributed by atoms with Crippen LogP contribution in [0.15, 0.2) is 48.5 Å². The summed E-state index contributed by atoms with van der Waals surface area (Å²) in [5.41, 5.74) is 2.80. The maximum Gasteiger partial charge on any atom is 0.335 e. The van der Waals surface area contributed by atoms with Gasteiger partial charge in [0.1, 0.15) is 0 Å². The van der Waals surface area contributed by atoms with Crippen molar-refractivity contribution in [3.63, 3.8) is 0 Å². The van der Waals surface area contributed by atoms with Gasteiger partial charge in [0.25, 0.3) is 0 Å². The van der Waals surface area contributed by atoms with Gasteiger partial charge in [-0.15, -0.1) is 0 Å². The van der Waals surface area contributed by atoms with Crippen LogP contribution in [-0.2, 0) is 11.2 Å². The molecule has 1 aliphatic heterocycles. The maximum absolute atomic E-state index is 13.8. The number of nitrogens with zero attached hydrogens (tertiary/aromatic N) is 1. The number of carboxylic acid groups (broad SMARTS) is 1. The van der Waals surface area contributed by atoms with E-state index in [0.29, 0.717) is 53.2 Å². The lowest BCUT2D eigenvalue weighted by atomic mass is 9.86. The van der Waals surface area contributed by atoms with Crippen LogP contribution in [0.4, 0.5) is 5.69 Å². The van der Waals surface area contributed by atoms with Crippen molar-refractivity contribution in [2.75, 3.05) is 39.4 Å². The second kappa shape index (κ2) is 11.3.